The molecule has 27 heavy (non-hydrogen) atoms. The Bertz CT molecular complexity index is 1160. The molecule has 4 nitrogen and oxygen atoms in total. The number of thiophene rings is 1. The van der Waals surface area contributed by atoms with Crippen molar-refractivity contribution in [1.29, 1.82) is 0 Å². The molecule has 0 fully saturated rings. The number of fused-ring (bicyclic) bond motifs is 2. The van der Waals surface area contributed by atoms with Gasteiger partial charge >= 0.3 is 5.97 Å². The summed E-state index contributed by atoms with van der Waals surface area (Å²) in [6.45, 7) is -0.382. The van der Waals surface area contributed by atoms with Crippen LogP contribution < -0.4 is 5.32 Å². The largest absolute Gasteiger partial charge is 0.451 e. The van der Waals surface area contributed by atoms with Crippen molar-refractivity contribution in [3.63, 3.8) is 0 Å². The van der Waals surface area contributed by atoms with E-state index in [0.717, 1.165) is 20.9 Å². The monoisotopic (exact) mass is 395 g/mol. The highest BCUT2D eigenvalue weighted by Gasteiger charge is 2.19. The van der Waals surface area contributed by atoms with Crippen LogP contribution in [0.5, 0.6) is 0 Å². The third-order valence-electron chi connectivity index (χ3n) is 4.12. The lowest BCUT2D eigenvalue weighted by Gasteiger charge is -2.09. The molecule has 0 spiro atoms. The number of benzene rings is 3. The van der Waals surface area contributed by atoms with Gasteiger partial charge in [-0.05, 0) is 17.5 Å². The minimum Gasteiger partial charge on any atom is -0.451 e. The van der Waals surface area contributed by atoms with Crippen molar-refractivity contribution >= 4 is 61.4 Å². The Labute approximate surface area is 164 Å². The molecule has 0 aliphatic rings. The number of nitrogens with one attached hydrogen (secondary N) is 1. The van der Waals surface area contributed by atoms with E-state index in [-0.39, 0.29) is 6.61 Å². The maximum Gasteiger partial charge on any atom is 0.350 e. The lowest BCUT2D eigenvalue weighted by atomic mass is 10.1. The smallest absolute Gasteiger partial charge is 0.350 e. The molecule has 1 amide bonds. The molecule has 0 bridgehead atoms. The summed E-state index contributed by atoms with van der Waals surface area (Å²) in [5.41, 5.74) is 0.675. The summed E-state index contributed by atoms with van der Waals surface area (Å²) in [6, 6.07) is 20.8. The van der Waals surface area contributed by atoms with Crippen LogP contribution >= 0.6 is 22.9 Å². The number of hydrogen-bond donors (Lipinski definition) is 1. The van der Waals surface area contributed by atoms with E-state index in [0.29, 0.717) is 15.6 Å². The quantitative estimate of drug-likeness (QED) is 0.464. The lowest BCUT2D eigenvalue weighted by Crippen LogP contribution is -2.20. The van der Waals surface area contributed by atoms with Gasteiger partial charge in [-0.15, -0.1) is 11.3 Å². The van der Waals surface area contributed by atoms with Crippen LogP contribution in [0.2, 0.25) is 5.02 Å². The Morgan fingerprint density at radius 1 is 0.926 bits per heavy atom. The average Bonchev–Trinajstić information content (AvgIpc) is 3.03. The zero-order chi connectivity index (χ0) is 18.8. The van der Waals surface area contributed by atoms with Gasteiger partial charge < -0.3 is 10.1 Å². The third-order valence-corrected chi connectivity index (χ3v) is 5.77. The van der Waals surface area contributed by atoms with E-state index in [1.165, 1.54) is 11.3 Å². The molecule has 0 saturated carbocycles. The average molecular weight is 396 g/mol. The molecule has 0 unspecified atom stereocenters. The van der Waals surface area contributed by atoms with E-state index >= 15 is 0 Å². The maximum atomic E-state index is 12.3. The van der Waals surface area contributed by atoms with Crippen LogP contribution in [0.3, 0.4) is 0 Å². The highest BCUT2D eigenvalue weighted by molar-refractivity contribution is 7.21. The van der Waals surface area contributed by atoms with Gasteiger partial charge in [-0.2, -0.15) is 0 Å². The molecule has 1 N–H and O–H groups in total. The van der Waals surface area contributed by atoms with Gasteiger partial charge in [-0.25, -0.2) is 4.79 Å². The second kappa shape index (κ2) is 7.39. The van der Waals surface area contributed by atoms with Crippen molar-refractivity contribution in [3.8, 4) is 0 Å². The Morgan fingerprint density at radius 2 is 1.63 bits per heavy atom. The molecule has 0 atom stereocenters. The minimum absolute atomic E-state index is 0.302. The van der Waals surface area contributed by atoms with Gasteiger partial charge in [0.2, 0.25) is 0 Å². The first-order valence-electron chi connectivity index (χ1n) is 8.25. The van der Waals surface area contributed by atoms with E-state index in [1.807, 2.05) is 66.7 Å². The number of rotatable bonds is 4. The van der Waals surface area contributed by atoms with Gasteiger partial charge in [0.25, 0.3) is 5.91 Å². The fourth-order valence-corrected chi connectivity index (χ4v) is 4.26. The normalized spacial score (nSPS) is 10.9. The molecule has 0 saturated heterocycles. The van der Waals surface area contributed by atoms with Crippen LogP contribution in [0.15, 0.2) is 66.7 Å². The van der Waals surface area contributed by atoms with Crippen molar-refractivity contribution in [3.05, 3.63) is 76.6 Å². The molecule has 1 aromatic heterocycles. The molecular weight excluding hydrogens is 382 g/mol. The first-order chi connectivity index (χ1) is 13.1. The zero-order valence-corrected chi connectivity index (χ0v) is 15.6. The topological polar surface area (TPSA) is 55.4 Å². The van der Waals surface area contributed by atoms with Crippen molar-refractivity contribution in [1.82, 2.24) is 0 Å². The highest BCUT2D eigenvalue weighted by Crippen LogP contribution is 2.35. The number of esters is 1. The molecule has 6 heteroatoms. The minimum atomic E-state index is -0.603. The molecule has 3 aromatic carbocycles. The fourth-order valence-electron chi connectivity index (χ4n) is 2.86. The third kappa shape index (κ3) is 3.52. The van der Waals surface area contributed by atoms with Crippen molar-refractivity contribution in [2.75, 3.05) is 11.9 Å². The molecule has 4 rings (SSSR count). The maximum absolute atomic E-state index is 12.3. The molecule has 1 heterocycles. The van der Waals surface area contributed by atoms with Gasteiger partial charge in [0.1, 0.15) is 4.88 Å². The molecule has 134 valence electrons. The van der Waals surface area contributed by atoms with Crippen LogP contribution in [0, 0.1) is 0 Å². The molecule has 4 aromatic rings. The van der Waals surface area contributed by atoms with E-state index in [4.69, 9.17) is 16.3 Å². The predicted molar refractivity (Wildman–Crippen MR) is 110 cm³/mol. The van der Waals surface area contributed by atoms with E-state index in [1.54, 1.807) is 0 Å². The highest BCUT2D eigenvalue weighted by atomic mass is 35.5. The zero-order valence-electron chi connectivity index (χ0n) is 14.1. The van der Waals surface area contributed by atoms with E-state index in [9.17, 15) is 9.59 Å². The van der Waals surface area contributed by atoms with Crippen LogP contribution in [-0.2, 0) is 9.53 Å². The van der Waals surface area contributed by atoms with Gasteiger partial charge in [-0.1, -0.05) is 66.2 Å². The molecular formula is C21H14ClNO3S. The van der Waals surface area contributed by atoms with Crippen LogP contribution in [0.1, 0.15) is 9.67 Å². The summed E-state index contributed by atoms with van der Waals surface area (Å²) in [7, 11) is 0. The van der Waals surface area contributed by atoms with Gasteiger partial charge in [-0.3, -0.25) is 4.79 Å². The summed E-state index contributed by atoms with van der Waals surface area (Å²) in [6.07, 6.45) is 0. The number of ether oxygens (including phenoxy) is 1. The van der Waals surface area contributed by atoms with Gasteiger partial charge in [0.15, 0.2) is 6.61 Å². The second-order valence-corrected chi connectivity index (χ2v) is 7.32. The fraction of sp³-hybridized carbons (Fsp3) is 0.0476. The number of anilines is 1. The number of carbonyl (C=O) groups is 2. The molecule has 0 aliphatic carbocycles. The van der Waals surface area contributed by atoms with Crippen LogP contribution in [-0.4, -0.2) is 18.5 Å². The van der Waals surface area contributed by atoms with E-state index < -0.39 is 11.9 Å². The van der Waals surface area contributed by atoms with Crippen LogP contribution in [0.4, 0.5) is 5.69 Å². The number of hydrogen-bond acceptors (Lipinski definition) is 4. The van der Waals surface area contributed by atoms with Crippen molar-refractivity contribution in [2.24, 2.45) is 0 Å². The number of amides is 1. The standard InChI is InChI=1S/C21H14ClNO3S/c22-19-15-9-3-4-11-17(15)27-20(19)21(25)26-12-18(24)23-16-10-5-7-13-6-1-2-8-14(13)16/h1-11H,12H2,(H,23,24). The Morgan fingerprint density at radius 3 is 2.44 bits per heavy atom. The van der Waals surface area contributed by atoms with Crippen molar-refractivity contribution < 1.29 is 14.3 Å². The summed E-state index contributed by atoms with van der Waals surface area (Å²) < 4.78 is 6.06. The predicted octanol–water partition coefficient (Wildman–Crippen LogP) is 5.50. The number of halogens is 1. The summed E-state index contributed by atoms with van der Waals surface area (Å²) >= 11 is 7.52. The SMILES string of the molecule is O=C(COC(=O)c1sc2ccccc2c1Cl)Nc1cccc2ccccc12. The van der Waals surface area contributed by atoms with Gasteiger partial charge in [0, 0.05) is 21.2 Å². The summed E-state index contributed by atoms with van der Waals surface area (Å²) in [5, 5.41) is 5.89. The first-order valence-corrected chi connectivity index (χ1v) is 9.45. The summed E-state index contributed by atoms with van der Waals surface area (Å²) in [4.78, 5) is 24.9. The molecule has 0 aliphatic heterocycles. The Balaban J connectivity index is 1.45. The van der Waals surface area contributed by atoms with Crippen LogP contribution in [0.25, 0.3) is 20.9 Å². The first kappa shape index (κ1) is 17.5. The second-order valence-electron chi connectivity index (χ2n) is 5.89. The Hall–Kier alpha value is -2.89. The van der Waals surface area contributed by atoms with Crippen molar-refractivity contribution in [2.45, 2.75) is 0 Å². The summed E-state index contributed by atoms with van der Waals surface area (Å²) in [5.74, 6) is -1.01. The van der Waals surface area contributed by atoms with Gasteiger partial charge in [0.05, 0.1) is 5.02 Å². The lowest BCUT2D eigenvalue weighted by molar-refractivity contribution is -0.119. The number of carbonyl (C=O) groups excluding carboxylic acids is 2. The Kier molecular flexibility index (Phi) is 4.79. The van der Waals surface area contributed by atoms with E-state index in [2.05, 4.69) is 5.32 Å². The molecule has 0 radical (unpaired) electrons.